The first-order valence-corrected chi connectivity index (χ1v) is 7.49. The normalized spacial score (nSPS) is 12.0. The average molecular weight is 362 g/mol. The number of benzene rings is 2. The van der Waals surface area contributed by atoms with Crippen LogP contribution in [0.25, 0.3) is 10.9 Å². The average Bonchev–Trinajstić information content (AvgIpc) is 2.89. The molecule has 0 unspecified atom stereocenters. The summed E-state index contributed by atoms with van der Waals surface area (Å²) >= 11 is 0. The molecule has 0 aliphatic carbocycles. The number of aryl methyl sites for hydroxylation is 1. The van der Waals surface area contributed by atoms with Crippen molar-refractivity contribution in [3.63, 3.8) is 0 Å². The lowest BCUT2D eigenvalue weighted by Crippen LogP contribution is -2.06. The number of para-hydroxylation sites is 1. The highest BCUT2D eigenvalue weighted by Gasteiger charge is 2.33. The van der Waals surface area contributed by atoms with Crippen LogP contribution in [-0.4, -0.2) is 16.1 Å². The minimum Gasteiger partial charge on any atom is -0.358 e. The van der Waals surface area contributed by atoms with Gasteiger partial charge in [-0.2, -0.15) is 18.3 Å². The SMILES string of the molecule is Cc1[nH]c2ccccc2c1/C=N/Nc1ccc(C(F)(F)F)cc1[N+](=O)[O-]. The van der Waals surface area contributed by atoms with Crippen molar-refractivity contribution in [3.8, 4) is 0 Å². The van der Waals surface area contributed by atoms with Gasteiger partial charge in [-0.05, 0) is 25.1 Å². The molecular formula is C17H13F3N4O2. The van der Waals surface area contributed by atoms with Crippen molar-refractivity contribution in [1.29, 1.82) is 0 Å². The molecule has 0 amide bonds. The standard InChI is InChI=1S/C17H13F3N4O2/c1-10-13(12-4-2-3-5-14(12)22-10)9-21-23-15-7-6-11(17(18,19)20)8-16(15)24(25)26/h2-9,22-23H,1H3/b21-9+. The summed E-state index contributed by atoms with van der Waals surface area (Å²) in [5.74, 6) is 0. The fraction of sp³-hybridized carbons (Fsp3) is 0.118. The monoisotopic (exact) mass is 362 g/mol. The van der Waals surface area contributed by atoms with Gasteiger partial charge in [0.05, 0.1) is 16.7 Å². The first-order chi connectivity index (χ1) is 12.3. The zero-order chi connectivity index (χ0) is 18.9. The molecule has 0 spiro atoms. The van der Waals surface area contributed by atoms with Gasteiger partial charge in [0.15, 0.2) is 0 Å². The molecule has 1 heterocycles. The van der Waals surface area contributed by atoms with E-state index in [1.54, 1.807) is 0 Å². The molecule has 2 aromatic carbocycles. The van der Waals surface area contributed by atoms with Crippen LogP contribution in [0.3, 0.4) is 0 Å². The van der Waals surface area contributed by atoms with Crippen LogP contribution in [0.2, 0.25) is 0 Å². The maximum Gasteiger partial charge on any atom is 0.416 e. The summed E-state index contributed by atoms with van der Waals surface area (Å²) in [6.07, 6.45) is -3.19. The lowest BCUT2D eigenvalue weighted by atomic mass is 10.1. The van der Waals surface area contributed by atoms with Gasteiger partial charge in [-0.3, -0.25) is 15.5 Å². The predicted octanol–water partition coefficient (Wildman–Crippen LogP) is 4.85. The van der Waals surface area contributed by atoms with E-state index in [2.05, 4.69) is 15.5 Å². The molecule has 9 heteroatoms. The molecule has 2 N–H and O–H groups in total. The number of halogens is 3. The lowest BCUT2D eigenvalue weighted by Gasteiger charge is -2.08. The Bertz CT molecular complexity index is 1010. The molecule has 0 aliphatic rings. The van der Waals surface area contributed by atoms with Gasteiger partial charge < -0.3 is 4.98 Å². The number of nitrogens with zero attached hydrogens (tertiary/aromatic N) is 2. The second kappa shape index (κ2) is 6.51. The van der Waals surface area contributed by atoms with E-state index in [1.807, 2.05) is 31.2 Å². The Morgan fingerprint density at radius 3 is 2.65 bits per heavy atom. The number of hydrazone groups is 1. The van der Waals surface area contributed by atoms with E-state index in [4.69, 9.17) is 0 Å². The maximum atomic E-state index is 12.7. The van der Waals surface area contributed by atoms with Crippen LogP contribution in [-0.2, 0) is 6.18 Å². The first-order valence-electron chi connectivity index (χ1n) is 7.49. The molecule has 6 nitrogen and oxygen atoms in total. The predicted molar refractivity (Wildman–Crippen MR) is 92.4 cm³/mol. The van der Waals surface area contributed by atoms with Crippen molar-refractivity contribution in [1.82, 2.24) is 4.98 Å². The fourth-order valence-corrected chi connectivity index (χ4v) is 2.58. The molecular weight excluding hydrogens is 349 g/mol. The quantitative estimate of drug-likeness (QED) is 0.395. The molecule has 0 saturated carbocycles. The van der Waals surface area contributed by atoms with Gasteiger partial charge in [-0.1, -0.05) is 18.2 Å². The molecule has 0 aliphatic heterocycles. The number of fused-ring (bicyclic) bond motifs is 1. The zero-order valence-electron chi connectivity index (χ0n) is 13.5. The molecule has 134 valence electrons. The van der Waals surface area contributed by atoms with E-state index in [0.717, 1.165) is 34.3 Å². The highest BCUT2D eigenvalue weighted by atomic mass is 19.4. The van der Waals surface area contributed by atoms with E-state index >= 15 is 0 Å². The number of nitrogens with one attached hydrogen (secondary N) is 2. The number of hydrogen-bond acceptors (Lipinski definition) is 4. The maximum absolute atomic E-state index is 12.7. The minimum absolute atomic E-state index is 0.128. The highest BCUT2D eigenvalue weighted by Crippen LogP contribution is 2.35. The number of aromatic nitrogens is 1. The Morgan fingerprint density at radius 1 is 1.23 bits per heavy atom. The summed E-state index contributed by atoms with van der Waals surface area (Å²) in [6.45, 7) is 1.85. The van der Waals surface area contributed by atoms with Crippen molar-refractivity contribution in [2.75, 3.05) is 5.43 Å². The molecule has 1 aromatic heterocycles. The van der Waals surface area contributed by atoms with Crippen LogP contribution >= 0.6 is 0 Å². The number of hydrogen-bond donors (Lipinski definition) is 2. The van der Waals surface area contributed by atoms with Crippen LogP contribution < -0.4 is 5.43 Å². The van der Waals surface area contributed by atoms with Crippen LogP contribution in [0.5, 0.6) is 0 Å². The number of nitro benzene ring substituents is 1. The van der Waals surface area contributed by atoms with E-state index < -0.39 is 22.4 Å². The Hall–Kier alpha value is -3.36. The Kier molecular flexibility index (Phi) is 4.37. The van der Waals surface area contributed by atoms with Gasteiger partial charge >= 0.3 is 6.18 Å². The van der Waals surface area contributed by atoms with Gasteiger partial charge in [0.2, 0.25) is 0 Å². The van der Waals surface area contributed by atoms with Crippen LogP contribution in [0.15, 0.2) is 47.6 Å². The first kappa shape index (κ1) is 17.5. The third-order valence-corrected chi connectivity index (χ3v) is 3.84. The summed E-state index contributed by atoms with van der Waals surface area (Å²) in [5.41, 5.74) is 3.06. The van der Waals surface area contributed by atoms with E-state index in [1.165, 1.54) is 6.21 Å². The number of anilines is 1. The summed E-state index contributed by atoms with van der Waals surface area (Å²) in [7, 11) is 0. The van der Waals surface area contributed by atoms with Crippen LogP contribution in [0.4, 0.5) is 24.5 Å². The van der Waals surface area contributed by atoms with E-state index in [-0.39, 0.29) is 5.69 Å². The Morgan fingerprint density at radius 2 is 1.96 bits per heavy atom. The number of rotatable bonds is 4. The third kappa shape index (κ3) is 3.37. The molecule has 3 aromatic rings. The number of H-pyrrole nitrogens is 1. The molecule has 0 saturated heterocycles. The Balaban J connectivity index is 1.90. The molecule has 0 atom stereocenters. The number of alkyl halides is 3. The molecule has 0 radical (unpaired) electrons. The lowest BCUT2D eigenvalue weighted by molar-refractivity contribution is -0.384. The minimum atomic E-state index is -4.66. The molecule has 3 rings (SSSR count). The summed E-state index contributed by atoms with van der Waals surface area (Å²) < 4.78 is 38.2. The summed E-state index contributed by atoms with van der Waals surface area (Å²) in [6, 6.07) is 9.76. The van der Waals surface area contributed by atoms with Gasteiger partial charge in [0.1, 0.15) is 5.69 Å². The van der Waals surface area contributed by atoms with Crippen molar-refractivity contribution in [2.24, 2.45) is 5.10 Å². The number of aromatic amines is 1. The van der Waals surface area contributed by atoms with Gasteiger partial charge in [-0.25, -0.2) is 0 Å². The Labute approximate surface area is 145 Å². The molecule has 26 heavy (non-hydrogen) atoms. The molecule has 0 bridgehead atoms. The van der Waals surface area contributed by atoms with Crippen LogP contribution in [0.1, 0.15) is 16.8 Å². The van der Waals surface area contributed by atoms with Crippen molar-refractivity contribution in [2.45, 2.75) is 13.1 Å². The second-order valence-corrected chi connectivity index (χ2v) is 5.57. The highest BCUT2D eigenvalue weighted by molar-refractivity contribution is 6.00. The van der Waals surface area contributed by atoms with Crippen molar-refractivity contribution < 1.29 is 18.1 Å². The smallest absolute Gasteiger partial charge is 0.358 e. The van der Waals surface area contributed by atoms with Gasteiger partial charge in [-0.15, -0.1) is 0 Å². The van der Waals surface area contributed by atoms with Crippen LogP contribution in [0, 0.1) is 17.0 Å². The van der Waals surface area contributed by atoms with Crippen molar-refractivity contribution >= 4 is 28.5 Å². The van der Waals surface area contributed by atoms with E-state index in [0.29, 0.717) is 6.07 Å². The van der Waals surface area contributed by atoms with Gasteiger partial charge in [0.25, 0.3) is 5.69 Å². The summed E-state index contributed by atoms with van der Waals surface area (Å²) in [5, 5.41) is 15.9. The largest absolute Gasteiger partial charge is 0.416 e. The van der Waals surface area contributed by atoms with Crippen molar-refractivity contribution in [3.05, 3.63) is 69.4 Å². The van der Waals surface area contributed by atoms with E-state index in [9.17, 15) is 23.3 Å². The summed E-state index contributed by atoms with van der Waals surface area (Å²) in [4.78, 5) is 13.4. The fourth-order valence-electron chi connectivity index (χ4n) is 2.58. The van der Waals surface area contributed by atoms with Gasteiger partial charge in [0, 0.05) is 28.2 Å². The third-order valence-electron chi connectivity index (χ3n) is 3.84. The zero-order valence-corrected chi connectivity index (χ0v) is 13.5. The number of nitro groups is 1. The second-order valence-electron chi connectivity index (χ2n) is 5.57. The topological polar surface area (TPSA) is 83.3 Å². The molecule has 0 fully saturated rings.